The quantitative estimate of drug-likeness (QED) is 0.615. The Morgan fingerprint density at radius 3 is 1.21 bits per heavy atom. The van der Waals surface area contributed by atoms with Gasteiger partial charge >= 0.3 is 0 Å². The maximum atomic E-state index is 10.8. The van der Waals surface area contributed by atoms with Crippen molar-refractivity contribution >= 4 is 11.8 Å². The lowest BCUT2D eigenvalue weighted by atomic mass is 10.00. The van der Waals surface area contributed by atoms with Crippen molar-refractivity contribution in [2.75, 3.05) is 13.2 Å². The Balaban J connectivity index is 0.000000240. The Kier molecular flexibility index (Phi) is 8.18. The first-order chi connectivity index (χ1) is 11.5. The van der Waals surface area contributed by atoms with Crippen molar-refractivity contribution in [3.8, 4) is 0 Å². The maximum absolute atomic E-state index is 10.8. The van der Waals surface area contributed by atoms with Crippen LogP contribution in [-0.4, -0.2) is 35.2 Å². The molecule has 2 rings (SSSR count). The van der Waals surface area contributed by atoms with Gasteiger partial charge in [-0.15, -0.1) is 0 Å². The molecule has 0 saturated heterocycles. The monoisotopic (exact) mass is 330 g/mol. The largest absolute Gasteiger partial charge is 0.395 e. The Bertz CT molecular complexity index is 574. The molecule has 2 unspecified atom stereocenters. The topological polar surface area (TPSA) is 127 Å². The number of carbonyl (C=O) groups excluding carboxylic acids is 2. The Hall–Kier alpha value is -2.70. The average Bonchev–Trinajstić information content (AvgIpc) is 2.58. The third-order valence-electron chi connectivity index (χ3n) is 3.46. The van der Waals surface area contributed by atoms with Crippen molar-refractivity contribution in [3.05, 3.63) is 71.8 Å². The molecule has 2 aromatic rings. The lowest BCUT2D eigenvalue weighted by Crippen LogP contribution is -2.24. The molecule has 0 aliphatic rings. The summed E-state index contributed by atoms with van der Waals surface area (Å²) in [6.07, 6.45) is 0. The third kappa shape index (κ3) is 5.83. The van der Waals surface area contributed by atoms with Crippen molar-refractivity contribution in [3.63, 3.8) is 0 Å². The number of aliphatic hydroxyl groups is 2. The van der Waals surface area contributed by atoms with Gasteiger partial charge in [0.1, 0.15) is 0 Å². The number of aliphatic hydroxyl groups excluding tert-OH is 2. The van der Waals surface area contributed by atoms with E-state index in [1.54, 1.807) is 48.5 Å². The molecule has 2 atom stereocenters. The number of nitrogens with two attached hydrogens (primary N) is 2. The van der Waals surface area contributed by atoms with E-state index in [4.69, 9.17) is 21.7 Å². The van der Waals surface area contributed by atoms with Crippen LogP contribution in [0.3, 0.4) is 0 Å². The Morgan fingerprint density at radius 1 is 0.708 bits per heavy atom. The summed E-state index contributed by atoms with van der Waals surface area (Å²) in [6, 6.07) is 18.0. The first kappa shape index (κ1) is 19.3. The van der Waals surface area contributed by atoms with Crippen LogP contribution in [0.4, 0.5) is 0 Å². The lowest BCUT2D eigenvalue weighted by Gasteiger charge is -2.09. The summed E-state index contributed by atoms with van der Waals surface area (Å²) in [6.45, 7) is -0.474. The molecule has 6 N–H and O–H groups in total. The first-order valence-electron chi connectivity index (χ1n) is 7.41. The van der Waals surface area contributed by atoms with E-state index < -0.39 is 23.7 Å². The molecule has 2 aromatic carbocycles. The van der Waals surface area contributed by atoms with Gasteiger partial charge in [-0.25, -0.2) is 0 Å². The molecule has 128 valence electrons. The van der Waals surface area contributed by atoms with Crippen molar-refractivity contribution in [2.45, 2.75) is 11.8 Å². The molecule has 6 heteroatoms. The highest BCUT2D eigenvalue weighted by molar-refractivity contribution is 5.82. The predicted molar refractivity (Wildman–Crippen MR) is 90.9 cm³/mol. The van der Waals surface area contributed by atoms with Gasteiger partial charge in [-0.1, -0.05) is 60.7 Å². The SMILES string of the molecule is NC(=O)C(CO)c1ccccc1.NC(=O)C(CO)c1ccccc1. The smallest absolute Gasteiger partial charge is 0.227 e. The van der Waals surface area contributed by atoms with Gasteiger partial charge in [-0.3, -0.25) is 9.59 Å². The van der Waals surface area contributed by atoms with Gasteiger partial charge in [0, 0.05) is 0 Å². The standard InChI is InChI=1S/2C9H11NO2/c2*10-9(12)8(6-11)7-4-2-1-3-5-7/h2*1-5,8,11H,6H2,(H2,10,12). The summed E-state index contributed by atoms with van der Waals surface area (Å²) in [4.78, 5) is 21.6. The summed E-state index contributed by atoms with van der Waals surface area (Å²) in [5, 5.41) is 17.7. The predicted octanol–water partition coefficient (Wildman–Crippen LogP) is 0.496. The molecule has 0 fully saturated rings. The van der Waals surface area contributed by atoms with E-state index in [2.05, 4.69) is 0 Å². The van der Waals surface area contributed by atoms with Gasteiger partial charge in [0.15, 0.2) is 0 Å². The fourth-order valence-corrected chi connectivity index (χ4v) is 2.09. The van der Waals surface area contributed by atoms with Crippen LogP contribution in [-0.2, 0) is 9.59 Å². The molecule has 0 heterocycles. The summed E-state index contributed by atoms with van der Waals surface area (Å²) >= 11 is 0. The Morgan fingerprint density at radius 2 is 1.00 bits per heavy atom. The van der Waals surface area contributed by atoms with Gasteiger partial charge < -0.3 is 21.7 Å². The zero-order valence-corrected chi connectivity index (χ0v) is 13.2. The van der Waals surface area contributed by atoms with Crippen LogP contribution >= 0.6 is 0 Å². The molecular formula is C18H22N2O4. The first-order valence-corrected chi connectivity index (χ1v) is 7.41. The average molecular weight is 330 g/mol. The van der Waals surface area contributed by atoms with Crippen molar-refractivity contribution < 1.29 is 19.8 Å². The molecule has 2 amide bonds. The lowest BCUT2D eigenvalue weighted by molar-refractivity contribution is -0.121. The summed E-state index contributed by atoms with van der Waals surface area (Å²) in [5.41, 5.74) is 11.7. The molecule has 6 nitrogen and oxygen atoms in total. The maximum Gasteiger partial charge on any atom is 0.227 e. The summed E-state index contributed by atoms with van der Waals surface area (Å²) in [7, 11) is 0. The van der Waals surface area contributed by atoms with E-state index in [9.17, 15) is 9.59 Å². The van der Waals surface area contributed by atoms with Crippen LogP contribution in [0.1, 0.15) is 23.0 Å². The molecular weight excluding hydrogens is 308 g/mol. The van der Waals surface area contributed by atoms with Crippen LogP contribution < -0.4 is 11.5 Å². The van der Waals surface area contributed by atoms with Crippen molar-refractivity contribution in [2.24, 2.45) is 11.5 Å². The molecule has 0 aliphatic heterocycles. The second-order valence-corrected chi connectivity index (χ2v) is 5.10. The highest BCUT2D eigenvalue weighted by atomic mass is 16.3. The van der Waals surface area contributed by atoms with Crippen LogP contribution in [0.25, 0.3) is 0 Å². The molecule has 0 aliphatic carbocycles. The van der Waals surface area contributed by atoms with Crippen LogP contribution in [0, 0.1) is 0 Å². The van der Waals surface area contributed by atoms with Crippen LogP contribution in [0.2, 0.25) is 0 Å². The number of carbonyl (C=O) groups is 2. The van der Waals surface area contributed by atoms with Crippen molar-refractivity contribution in [1.82, 2.24) is 0 Å². The minimum absolute atomic E-state index is 0.237. The van der Waals surface area contributed by atoms with Gasteiger partial charge in [-0.2, -0.15) is 0 Å². The summed E-state index contributed by atoms with van der Waals surface area (Å²) in [5.74, 6) is -2.15. The number of rotatable bonds is 6. The third-order valence-corrected chi connectivity index (χ3v) is 3.46. The van der Waals surface area contributed by atoms with E-state index in [1.807, 2.05) is 12.1 Å². The molecule has 24 heavy (non-hydrogen) atoms. The van der Waals surface area contributed by atoms with Gasteiger partial charge in [-0.05, 0) is 11.1 Å². The zero-order chi connectivity index (χ0) is 17.9. The second kappa shape index (κ2) is 10.1. The minimum Gasteiger partial charge on any atom is -0.395 e. The van der Waals surface area contributed by atoms with E-state index in [0.29, 0.717) is 0 Å². The number of hydrogen-bond acceptors (Lipinski definition) is 4. The second-order valence-electron chi connectivity index (χ2n) is 5.10. The van der Waals surface area contributed by atoms with E-state index in [-0.39, 0.29) is 13.2 Å². The van der Waals surface area contributed by atoms with Crippen molar-refractivity contribution in [1.29, 1.82) is 0 Å². The highest BCUT2D eigenvalue weighted by Crippen LogP contribution is 2.14. The normalized spacial score (nSPS) is 12.4. The zero-order valence-electron chi connectivity index (χ0n) is 13.2. The minimum atomic E-state index is -0.578. The number of benzene rings is 2. The summed E-state index contributed by atoms with van der Waals surface area (Å²) < 4.78 is 0. The Labute approximate surface area is 140 Å². The van der Waals surface area contributed by atoms with Gasteiger partial charge in [0.25, 0.3) is 0 Å². The highest BCUT2D eigenvalue weighted by Gasteiger charge is 2.16. The molecule has 0 spiro atoms. The molecule has 0 saturated carbocycles. The molecule has 0 radical (unpaired) electrons. The van der Waals surface area contributed by atoms with Gasteiger partial charge in [0.2, 0.25) is 11.8 Å². The van der Waals surface area contributed by atoms with E-state index in [1.165, 1.54) is 0 Å². The number of amides is 2. The van der Waals surface area contributed by atoms with E-state index >= 15 is 0 Å². The van der Waals surface area contributed by atoms with Gasteiger partial charge in [0.05, 0.1) is 25.0 Å². The number of hydrogen-bond donors (Lipinski definition) is 4. The fraction of sp³-hybridized carbons (Fsp3) is 0.222. The van der Waals surface area contributed by atoms with Crippen LogP contribution in [0.5, 0.6) is 0 Å². The number of primary amides is 2. The van der Waals surface area contributed by atoms with Crippen LogP contribution in [0.15, 0.2) is 60.7 Å². The molecule has 0 aromatic heterocycles. The molecule has 0 bridgehead atoms. The van der Waals surface area contributed by atoms with E-state index in [0.717, 1.165) is 11.1 Å². The fourth-order valence-electron chi connectivity index (χ4n) is 2.09.